The molecule has 0 unspecified atom stereocenters. The van der Waals surface area contributed by atoms with Crippen molar-refractivity contribution < 1.29 is 9.53 Å². The molecule has 4 N–H and O–H groups in total. The zero-order valence-corrected chi connectivity index (χ0v) is 10.6. The smallest absolute Gasteiger partial charge is 0.253 e. The number of hydrogen-bond acceptors (Lipinski definition) is 6. The molecule has 0 spiro atoms. The molecule has 1 amide bonds. The van der Waals surface area contributed by atoms with E-state index in [0.717, 1.165) is 13.0 Å². The van der Waals surface area contributed by atoms with Gasteiger partial charge >= 0.3 is 0 Å². The molecular weight excluding hydrogens is 252 g/mol. The van der Waals surface area contributed by atoms with Crippen LogP contribution < -0.4 is 16.4 Å². The number of ether oxygens (including phenoxy) is 1. The summed E-state index contributed by atoms with van der Waals surface area (Å²) in [7, 11) is 0. The lowest BCUT2D eigenvalue weighted by Gasteiger charge is -2.20. The van der Waals surface area contributed by atoms with Gasteiger partial charge in [0.25, 0.3) is 5.91 Å². The van der Waals surface area contributed by atoms with Crippen molar-refractivity contribution in [2.75, 3.05) is 36.9 Å². The van der Waals surface area contributed by atoms with Crippen LogP contribution in [0.15, 0.2) is 0 Å². The third kappa shape index (κ3) is 2.25. The highest BCUT2D eigenvalue weighted by Gasteiger charge is 2.24. The summed E-state index contributed by atoms with van der Waals surface area (Å²) in [6.45, 7) is 2.74. The quantitative estimate of drug-likeness (QED) is 0.812. The average Bonchev–Trinajstić information content (AvgIpc) is 2.54. The number of carbonyl (C=O) groups is 1. The van der Waals surface area contributed by atoms with Gasteiger partial charge in [-0.2, -0.15) is 5.26 Å². The SMILES string of the molecule is N#Cc1sc(N2CCCOCC2)c(C(N)=O)c1N. The third-order valence-electron chi connectivity index (χ3n) is 2.78. The topological polar surface area (TPSA) is 105 Å². The summed E-state index contributed by atoms with van der Waals surface area (Å²) < 4.78 is 5.36. The van der Waals surface area contributed by atoms with Crippen LogP contribution in [0, 0.1) is 11.3 Å². The molecule has 0 atom stereocenters. The molecule has 0 aromatic carbocycles. The number of rotatable bonds is 2. The Morgan fingerprint density at radius 1 is 1.44 bits per heavy atom. The van der Waals surface area contributed by atoms with E-state index < -0.39 is 5.91 Å². The number of carbonyl (C=O) groups excluding carboxylic acids is 1. The Morgan fingerprint density at radius 2 is 2.22 bits per heavy atom. The van der Waals surface area contributed by atoms with E-state index in [9.17, 15) is 4.79 Å². The Morgan fingerprint density at radius 3 is 2.89 bits per heavy atom. The van der Waals surface area contributed by atoms with Gasteiger partial charge in [0, 0.05) is 19.7 Å². The number of nitrogens with two attached hydrogens (primary N) is 2. The fraction of sp³-hybridized carbons (Fsp3) is 0.455. The summed E-state index contributed by atoms with van der Waals surface area (Å²) in [5.74, 6) is -0.592. The highest BCUT2D eigenvalue weighted by molar-refractivity contribution is 7.17. The monoisotopic (exact) mass is 266 g/mol. The molecule has 1 aromatic rings. The molecule has 1 aromatic heterocycles. The maximum absolute atomic E-state index is 11.5. The molecule has 0 saturated carbocycles. The zero-order valence-electron chi connectivity index (χ0n) is 9.81. The minimum atomic E-state index is -0.592. The van der Waals surface area contributed by atoms with Crippen molar-refractivity contribution >= 4 is 27.9 Å². The van der Waals surface area contributed by atoms with E-state index in [2.05, 4.69) is 0 Å². The van der Waals surface area contributed by atoms with Crippen molar-refractivity contribution in [3.05, 3.63) is 10.4 Å². The molecule has 18 heavy (non-hydrogen) atoms. The van der Waals surface area contributed by atoms with Gasteiger partial charge in [-0.15, -0.1) is 11.3 Å². The number of nitrogen functional groups attached to an aromatic ring is 1. The first-order chi connectivity index (χ1) is 8.65. The van der Waals surface area contributed by atoms with Gasteiger partial charge in [0.1, 0.15) is 15.9 Å². The lowest BCUT2D eigenvalue weighted by atomic mass is 10.2. The van der Waals surface area contributed by atoms with Gasteiger partial charge < -0.3 is 21.1 Å². The van der Waals surface area contributed by atoms with Gasteiger partial charge in [0.2, 0.25) is 0 Å². The van der Waals surface area contributed by atoms with E-state index in [1.54, 1.807) is 0 Å². The summed E-state index contributed by atoms with van der Waals surface area (Å²) in [5, 5.41) is 9.66. The Hall–Kier alpha value is -1.78. The number of anilines is 2. The van der Waals surface area contributed by atoms with Gasteiger partial charge in [-0.25, -0.2) is 0 Å². The van der Waals surface area contributed by atoms with Crippen molar-refractivity contribution in [2.24, 2.45) is 5.73 Å². The maximum Gasteiger partial charge on any atom is 0.253 e. The van der Waals surface area contributed by atoms with Crippen molar-refractivity contribution in [2.45, 2.75) is 6.42 Å². The first kappa shape index (κ1) is 12.7. The summed E-state index contributed by atoms with van der Waals surface area (Å²) in [5.41, 5.74) is 11.6. The van der Waals surface area contributed by atoms with E-state index >= 15 is 0 Å². The van der Waals surface area contributed by atoms with E-state index in [0.29, 0.717) is 29.6 Å². The van der Waals surface area contributed by atoms with Gasteiger partial charge in [0.15, 0.2) is 0 Å². The van der Waals surface area contributed by atoms with Crippen molar-refractivity contribution in [1.29, 1.82) is 5.26 Å². The maximum atomic E-state index is 11.5. The van der Waals surface area contributed by atoms with E-state index in [-0.39, 0.29) is 11.3 Å². The Balaban J connectivity index is 2.42. The number of amides is 1. The van der Waals surface area contributed by atoms with Gasteiger partial charge in [-0.05, 0) is 6.42 Å². The average molecular weight is 266 g/mol. The molecular formula is C11H14N4O2S. The minimum Gasteiger partial charge on any atom is -0.396 e. The second kappa shape index (κ2) is 5.25. The van der Waals surface area contributed by atoms with Crippen LogP contribution in [-0.2, 0) is 4.74 Å². The molecule has 1 saturated heterocycles. The predicted molar refractivity (Wildman–Crippen MR) is 69.6 cm³/mol. The highest BCUT2D eigenvalue weighted by Crippen LogP contribution is 2.37. The molecule has 6 nitrogen and oxygen atoms in total. The Bertz CT molecular complexity index is 498. The fourth-order valence-electron chi connectivity index (χ4n) is 1.92. The number of hydrogen-bond donors (Lipinski definition) is 2. The normalized spacial score (nSPS) is 16.1. The van der Waals surface area contributed by atoms with Crippen LogP contribution in [0.4, 0.5) is 10.7 Å². The van der Waals surface area contributed by atoms with Crippen LogP contribution in [0.25, 0.3) is 0 Å². The zero-order chi connectivity index (χ0) is 13.1. The minimum absolute atomic E-state index is 0.190. The van der Waals surface area contributed by atoms with Crippen molar-refractivity contribution in [1.82, 2.24) is 0 Å². The second-order valence-corrected chi connectivity index (χ2v) is 4.95. The Labute approximate surface area is 109 Å². The van der Waals surface area contributed by atoms with Crippen molar-refractivity contribution in [3.63, 3.8) is 0 Å². The van der Waals surface area contributed by atoms with Crippen LogP contribution in [0.3, 0.4) is 0 Å². The number of nitriles is 1. The van der Waals surface area contributed by atoms with Gasteiger partial charge in [-0.1, -0.05) is 0 Å². The number of thiophene rings is 1. The predicted octanol–water partition coefficient (Wildman–Crippen LogP) is 0.528. The van der Waals surface area contributed by atoms with E-state index in [1.165, 1.54) is 11.3 Å². The summed E-state index contributed by atoms with van der Waals surface area (Å²) in [6.07, 6.45) is 0.873. The van der Waals surface area contributed by atoms with Crippen LogP contribution in [0.2, 0.25) is 0 Å². The number of primary amides is 1. The standard InChI is InChI=1S/C11H14N4O2S/c12-6-7-9(13)8(10(14)16)11(18-7)15-2-1-4-17-5-3-15/h1-5,13H2,(H2,14,16). The van der Waals surface area contributed by atoms with Crippen LogP contribution in [0.1, 0.15) is 21.7 Å². The van der Waals surface area contributed by atoms with E-state index in [1.807, 2.05) is 11.0 Å². The molecule has 96 valence electrons. The first-order valence-corrected chi connectivity index (χ1v) is 6.41. The molecule has 0 aliphatic carbocycles. The molecule has 2 rings (SSSR count). The van der Waals surface area contributed by atoms with E-state index in [4.69, 9.17) is 21.5 Å². The molecule has 0 radical (unpaired) electrons. The number of nitrogens with zero attached hydrogens (tertiary/aromatic N) is 2. The second-order valence-electron chi connectivity index (χ2n) is 3.95. The van der Waals surface area contributed by atoms with Gasteiger partial charge in [-0.3, -0.25) is 4.79 Å². The third-order valence-corrected chi connectivity index (χ3v) is 3.95. The molecule has 1 aliphatic rings. The largest absolute Gasteiger partial charge is 0.396 e. The lowest BCUT2D eigenvalue weighted by Crippen LogP contribution is -2.27. The summed E-state index contributed by atoms with van der Waals surface area (Å²) >= 11 is 1.21. The van der Waals surface area contributed by atoms with Crippen molar-refractivity contribution in [3.8, 4) is 6.07 Å². The summed E-state index contributed by atoms with van der Waals surface area (Å²) in [6, 6.07) is 1.99. The molecule has 7 heteroatoms. The first-order valence-electron chi connectivity index (χ1n) is 5.60. The molecule has 2 heterocycles. The van der Waals surface area contributed by atoms with Crippen LogP contribution in [-0.4, -0.2) is 32.2 Å². The molecule has 1 fully saturated rings. The fourth-order valence-corrected chi connectivity index (χ4v) is 3.00. The lowest BCUT2D eigenvalue weighted by molar-refractivity contribution is 0.100. The van der Waals surface area contributed by atoms with Crippen LogP contribution >= 0.6 is 11.3 Å². The Kier molecular flexibility index (Phi) is 3.69. The van der Waals surface area contributed by atoms with Gasteiger partial charge in [0.05, 0.1) is 17.9 Å². The molecule has 1 aliphatic heterocycles. The molecule has 0 bridgehead atoms. The highest BCUT2D eigenvalue weighted by atomic mass is 32.1. The summed E-state index contributed by atoms with van der Waals surface area (Å²) in [4.78, 5) is 13.8. The van der Waals surface area contributed by atoms with Crippen LogP contribution in [0.5, 0.6) is 0 Å².